The van der Waals surface area contributed by atoms with Crippen LogP contribution in [-0.4, -0.2) is 8.51 Å². The molecule has 1 aliphatic carbocycles. The largest absolute Gasteiger partial charge is 0.285 e. The zero-order valence-electron chi connectivity index (χ0n) is 10.0. The van der Waals surface area contributed by atoms with Crippen LogP contribution in [0.15, 0.2) is 70.8 Å². The van der Waals surface area contributed by atoms with Gasteiger partial charge in [0.05, 0.1) is 27.1 Å². The van der Waals surface area contributed by atoms with E-state index >= 15 is 0 Å². The van der Waals surface area contributed by atoms with Crippen molar-refractivity contribution in [2.75, 3.05) is 0 Å². The number of allylic oxidation sites excluding steroid dienone is 7. The summed E-state index contributed by atoms with van der Waals surface area (Å²) in [5, 5.41) is 0. The van der Waals surface area contributed by atoms with Crippen molar-refractivity contribution >= 4 is 23.6 Å². The smallest absolute Gasteiger partial charge is 0.0854 e. The average molecular weight is 277 g/mol. The van der Waals surface area contributed by atoms with Crippen LogP contribution in [0.5, 0.6) is 0 Å². The van der Waals surface area contributed by atoms with Gasteiger partial charge in [0.25, 0.3) is 0 Å². The van der Waals surface area contributed by atoms with E-state index in [0.29, 0.717) is 11.3 Å². The van der Waals surface area contributed by atoms with Gasteiger partial charge in [-0.25, -0.2) is 4.21 Å². The molecule has 1 unspecified atom stereocenters. The number of rotatable bonds is 2. The first-order valence-corrected chi connectivity index (χ1v) is 7.20. The summed E-state index contributed by atoms with van der Waals surface area (Å²) in [5.74, 6) is 0. The minimum absolute atomic E-state index is 0.668. The van der Waals surface area contributed by atoms with E-state index in [1.165, 1.54) is 0 Å². The minimum Gasteiger partial charge on any atom is -0.285 e. The van der Waals surface area contributed by atoms with Crippen molar-refractivity contribution in [2.24, 2.45) is 0 Å². The van der Waals surface area contributed by atoms with E-state index in [1.807, 2.05) is 18.2 Å². The number of hydrogen-bond acceptors (Lipinski definition) is 3. The maximum atomic E-state index is 12.5. The lowest BCUT2D eigenvalue weighted by atomic mass is 10.2. The van der Waals surface area contributed by atoms with E-state index in [2.05, 4.69) is 32.0 Å². The molecule has 0 saturated heterocycles. The highest BCUT2D eigenvalue weighted by Gasteiger charge is 2.27. The maximum absolute atomic E-state index is 12.5. The number of thiol groups is 1. The van der Waals surface area contributed by atoms with E-state index in [0.717, 1.165) is 22.7 Å². The molecule has 94 valence electrons. The summed E-state index contributed by atoms with van der Waals surface area (Å²) in [5.41, 5.74) is 1.61. The van der Waals surface area contributed by atoms with E-state index in [1.54, 1.807) is 16.5 Å². The van der Waals surface area contributed by atoms with Crippen LogP contribution in [-0.2, 0) is 10.8 Å². The zero-order chi connectivity index (χ0) is 13.1. The van der Waals surface area contributed by atoms with Gasteiger partial charge < -0.3 is 0 Å². The number of hydrogen-bond donors (Lipinski definition) is 1. The number of nitrogens with zero attached hydrogens (tertiary/aromatic N) is 1. The minimum atomic E-state index is -1.19. The van der Waals surface area contributed by atoms with Crippen LogP contribution in [0.4, 0.5) is 0 Å². The van der Waals surface area contributed by atoms with Crippen molar-refractivity contribution in [3.8, 4) is 0 Å². The summed E-state index contributed by atoms with van der Waals surface area (Å²) in [7, 11) is -1.19. The average Bonchev–Trinajstić information content (AvgIpc) is 2.33. The van der Waals surface area contributed by atoms with Gasteiger partial charge in [0.15, 0.2) is 0 Å². The zero-order valence-corrected chi connectivity index (χ0v) is 11.7. The molecular weight excluding hydrogens is 262 g/mol. The highest BCUT2D eigenvalue weighted by atomic mass is 32.2. The molecule has 0 radical (unpaired) electrons. The molecule has 0 fully saturated rings. The Hall–Kier alpha value is -1.26. The monoisotopic (exact) mass is 277 g/mol. The predicted octanol–water partition coefficient (Wildman–Crippen LogP) is 3.60. The van der Waals surface area contributed by atoms with Gasteiger partial charge in [0.1, 0.15) is 0 Å². The Labute approximate surface area is 116 Å². The van der Waals surface area contributed by atoms with Crippen molar-refractivity contribution in [3.05, 3.63) is 70.8 Å². The third-order valence-corrected chi connectivity index (χ3v) is 4.84. The summed E-state index contributed by atoms with van der Waals surface area (Å²) < 4.78 is 14.3. The Kier molecular flexibility index (Phi) is 4.09. The fourth-order valence-corrected chi connectivity index (χ4v) is 3.82. The van der Waals surface area contributed by atoms with Gasteiger partial charge in [0.2, 0.25) is 0 Å². The summed E-state index contributed by atoms with van der Waals surface area (Å²) in [6.45, 7) is 7.48. The third-order valence-electron chi connectivity index (χ3n) is 2.81. The molecule has 2 aliphatic rings. The van der Waals surface area contributed by atoms with E-state index < -0.39 is 10.8 Å². The third kappa shape index (κ3) is 2.18. The van der Waals surface area contributed by atoms with Crippen LogP contribution < -0.4 is 0 Å². The van der Waals surface area contributed by atoms with Crippen LogP contribution >= 0.6 is 12.8 Å². The highest BCUT2D eigenvalue weighted by molar-refractivity contribution is 7.93. The van der Waals surface area contributed by atoms with E-state index in [4.69, 9.17) is 0 Å². The maximum Gasteiger partial charge on any atom is 0.0854 e. The second-order valence-corrected chi connectivity index (χ2v) is 5.73. The molecule has 2 nitrogen and oxygen atoms in total. The second kappa shape index (κ2) is 5.59. The lowest BCUT2D eigenvalue weighted by Crippen LogP contribution is -2.21. The van der Waals surface area contributed by atoms with Gasteiger partial charge in [-0.2, -0.15) is 0 Å². The van der Waals surface area contributed by atoms with Gasteiger partial charge in [0, 0.05) is 11.3 Å². The van der Waals surface area contributed by atoms with Crippen molar-refractivity contribution in [2.45, 2.75) is 12.8 Å². The first kappa shape index (κ1) is 13.2. The molecule has 0 saturated carbocycles. The summed E-state index contributed by atoms with van der Waals surface area (Å²) in [4.78, 5) is 1.53. The topological polar surface area (TPSA) is 20.3 Å². The fraction of sp³-hybridized carbons (Fsp3) is 0.143. The van der Waals surface area contributed by atoms with Crippen molar-refractivity contribution in [1.29, 1.82) is 0 Å². The van der Waals surface area contributed by atoms with Crippen LogP contribution in [0.1, 0.15) is 12.8 Å². The predicted molar refractivity (Wildman–Crippen MR) is 80.9 cm³/mol. The SMILES string of the molecule is C=CC1=C(C=C)S(=O)C2=C(C=CC/C=C\C2)N1S. The van der Waals surface area contributed by atoms with E-state index in [-0.39, 0.29) is 0 Å². The molecule has 4 heteroatoms. The Morgan fingerprint density at radius 2 is 2.06 bits per heavy atom. The summed E-state index contributed by atoms with van der Waals surface area (Å²) in [6.07, 6.45) is 12.9. The molecule has 0 aromatic heterocycles. The van der Waals surface area contributed by atoms with Gasteiger partial charge >= 0.3 is 0 Å². The molecule has 0 amide bonds. The quantitative estimate of drug-likeness (QED) is 0.615. The van der Waals surface area contributed by atoms with Gasteiger partial charge in [-0.05, 0) is 18.6 Å². The lowest BCUT2D eigenvalue weighted by molar-refractivity contribution is 0.679. The first-order chi connectivity index (χ1) is 8.70. The van der Waals surface area contributed by atoms with Crippen LogP contribution in [0.25, 0.3) is 0 Å². The molecule has 0 bridgehead atoms. The van der Waals surface area contributed by atoms with Crippen LogP contribution in [0, 0.1) is 0 Å². The standard InChI is InChI=1S/C14H15NOS2/c1-3-11-13(4-2)18(16)14-10-8-6-5-7-9-12(14)15(11)17/h3-4,6-9,17H,1-2,5,10H2/b8-6-,9-7?. The molecule has 1 heterocycles. The molecular formula is C14H15NOS2. The molecule has 0 N–H and O–H groups in total. The van der Waals surface area contributed by atoms with E-state index in [9.17, 15) is 4.21 Å². The van der Waals surface area contributed by atoms with Crippen LogP contribution in [0.3, 0.4) is 0 Å². The van der Waals surface area contributed by atoms with Crippen molar-refractivity contribution in [1.82, 2.24) is 4.31 Å². The molecule has 0 aromatic rings. The van der Waals surface area contributed by atoms with Crippen molar-refractivity contribution < 1.29 is 4.21 Å². The van der Waals surface area contributed by atoms with Crippen molar-refractivity contribution in [3.63, 3.8) is 0 Å². The Balaban J connectivity index is 2.58. The Morgan fingerprint density at radius 1 is 1.28 bits per heavy atom. The Morgan fingerprint density at radius 3 is 2.72 bits per heavy atom. The molecule has 2 rings (SSSR count). The summed E-state index contributed by atoms with van der Waals surface area (Å²) in [6, 6.07) is 0. The fourth-order valence-electron chi connectivity index (χ4n) is 1.93. The molecule has 1 atom stereocenters. The van der Waals surface area contributed by atoms with Gasteiger partial charge in [-0.3, -0.25) is 4.31 Å². The first-order valence-electron chi connectivity index (χ1n) is 5.65. The summed E-state index contributed by atoms with van der Waals surface area (Å²) >= 11 is 4.48. The second-order valence-electron chi connectivity index (χ2n) is 3.86. The molecule has 0 spiro atoms. The highest BCUT2D eigenvalue weighted by Crippen LogP contribution is 2.36. The molecule has 18 heavy (non-hydrogen) atoms. The van der Waals surface area contributed by atoms with Gasteiger partial charge in [-0.1, -0.05) is 50.3 Å². The van der Waals surface area contributed by atoms with Crippen LogP contribution in [0.2, 0.25) is 0 Å². The Bertz CT molecular complexity index is 538. The van der Waals surface area contributed by atoms with Gasteiger partial charge in [-0.15, -0.1) is 0 Å². The normalized spacial score (nSPS) is 25.4. The molecule has 0 aromatic carbocycles. The lowest BCUT2D eigenvalue weighted by Gasteiger charge is -2.29. The molecule has 1 aliphatic heterocycles.